The van der Waals surface area contributed by atoms with Crippen molar-refractivity contribution >= 4 is 21.6 Å². The van der Waals surface area contributed by atoms with Gasteiger partial charge in [-0.1, -0.05) is 11.6 Å². The Morgan fingerprint density at radius 1 is 1.37 bits per heavy atom. The Labute approximate surface area is 115 Å². The number of rotatable bonds is 4. The molecule has 2 aromatic rings. The number of nitrogens with one attached hydrogen (secondary N) is 1. The quantitative estimate of drug-likeness (QED) is 0.944. The van der Waals surface area contributed by atoms with E-state index in [1.807, 2.05) is 0 Å². The second-order valence-electron chi connectivity index (χ2n) is 3.93. The van der Waals surface area contributed by atoms with E-state index in [4.69, 9.17) is 16.0 Å². The highest BCUT2D eigenvalue weighted by atomic mass is 35.5. The van der Waals surface area contributed by atoms with Gasteiger partial charge in [0.15, 0.2) is 0 Å². The second-order valence-corrected chi connectivity index (χ2v) is 6.06. The summed E-state index contributed by atoms with van der Waals surface area (Å²) in [6.07, 6.45) is 1.45. The molecule has 0 aliphatic rings. The van der Waals surface area contributed by atoms with E-state index >= 15 is 0 Å². The largest absolute Gasteiger partial charge is 0.468 e. The van der Waals surface area contributed by atoms with Crippen molar-refractivity contribution in [2.24, 2.45) is 0 Å². The average molecular weight is 304 g/mol. The molecular formula is C12H11ClFNO3S. The standard InChI is InChI=1S/C12H11ClFNO3S/c1-8(12-3-2-6-18-12)15-19(16,17)9-4-5-11(14)10(13)7-9/h2-8,15H,1H3/t8-/m0/s1. The van der Waals surface area contributed by atoms with Crippen molar-refractivity contribution in [2.45, 2.75) is 17.9 Å². The summed E-state index contributed by atoms with van der Waals surface area (Å²) in [7, 11) is -3.79. The molecule has 19 heavy (non-hydrogen) atoms. The number of sulfonamides is 1. The van der Waals surface area contributed by atoms with Crippen LogP contribution < -0.4 is 4.72 Å². The van der Waals surface area contributed by atoms with Gasteiger partial charge in [0.25, 0.3) is 0 Å². The molecule has 2 rings (SSSR count). The zero-order valence-electron chi connectivity index (χ0n) is 9.93. The first-order chi connectivity index (χ1) is 8.90. The summed E-state index contributed by atoms with van der Waals surface area (Å²) in [6, 6.07) is 6.00. The van der Waals surface area contributed by atoms with Crippen molar-refractivity contribution in [1.29, 1.82) is 0 Å². The molecule has 1 aromatic heterocycles. The van der Waals surface area contributed by atoms with E-state index in [1.54, 1.807) is 19.1 Å². The van der Waals surface area contributed by atoms with Gasteiger partial charge in [-0.2, -0.15) is 0 Å². The number of furan rings is 1. The molecule has 0 unspecified atom stereocenters. The average Bonchev–Trinajstić information content (AvgIpc) is 2.85. The minimum absolute atomic E-state index is 0.0997. The van der Waals surface area contributed by atoms with Crippen LogP contribution in [0.3, 0.4) is 0 Å². The van der Waals surface area contributed by atoms with E-state index in [-0.39, 0.29) is 9.92 Å². The molecule has 0 radical (unpaired) electrons. The molecule has 1 heterocycles. The van der Waals surface area contributed by atoms with Gasteiger partial charge >= 0.3 is 0 Å². The number of benzene rings is 1. The van der Waals surface area contributed by atoms with Crippen molar-refractivity contribution in [1.82, 2.24) is 4.72 Å². The molecule has 1 aromatic carbocycles. The summed E-state index contributed by atoms with van der Waals surface area (Å²) in [4.78, 5) is -0.0997. The summed E-state index contributed by atoms with van der Waals surface area (Å²) >= 11 is 5.57. The first kappa shape index (κ1) is 14.0. The third kappa shape index (κ3) is 3.15. The SMILES string of the molecule is C[C@H](NS(=O)(=O)c1ccc(F)c(Cl)c1)c1ccco1. The summed E-state index contributed by atoms with van der Waals surface area (Å²) in [5.74, 6) is -0.184. The van der Waals surface area contributed by atoms with Crippen LogP contribution in [0.1, 0.15) is 18.7 Å². The third-order valence-corrected chi connectivity index (χ3v) is 4.33. The van der Waals surface area contributed by atoms with Crippen LogP contribution in [0.5, 0.6) is 0 Å². The van der Waals surface area contributed by atoms with Gasteiger partial charge in [-0.05, 0) is 37.3 Å². The maximum absolute atomic E-state index is 13.0. The Balaban J connectivity index is 2.25. The summed E-state index contributed by atoms with van der Waals surface area (Å²) < 4.78 is 44.7. The topological polar surface area (TPSA) is 59.3 Å². The lowest BCUT2D eigenvalue weighted by molar-refractivity contribution is 0.459. The highest BCUT2D eigenvalue weighted by molar-refractivity contribution is 7.89. The van der Waals surface area contributed by atoms with Crippen LogP contribution in [0.15, 0.2) is 45.9 Å². The van der Waals surface area contributed by atoms with Gasteiger partial charge in [0, 0.05) is 0 Å². The van der Waals surface area contributed by atoms with Crippen LogP contribution >= 0.6 is 11.6 Å². The van der Waals surface area contributed by atoms with Crippen LogP contribution in [0.25, 0.3) is 0 Å². The van der Waals surface area contributed by atoms with Gasteiger partial charge in [0.2, 0.25) is 10.0 Å². The summed E-state index contributed by atoms with van der Waals surface area (Å²) in [5, 5.41) is -0.242. The molecule has 0 spiro atoms. The van der Waals surface area contributed by atoms with E-state index in [1.165, 1.54) is 6.26 Å². The Morgan fingerprint density at radius 3 is 2.68 bits per heavy atom. The summed E-state index contributed by atoms with van der Waals surface area (Å²) in [6.45, 7) is 1.64. The van der Waals surface area contributed by atoms with Crippen LogP contribution in [0.4, 0.5) is 4.39 Å². The minimum Gasteiger partial charge on any atom is -0.468 e. The smallest absolute Gasteiger partial charge is 0.241 e. The van der Waals surface area contributed by atoms with Crippen LogP contribution in [-0.4, -0.2) is 8.42 Å². The molecule has 1 N–H and O–H groups in total. The van der Waals surface area contributed by atoms with Crippen molar-refractivity contribution < 1.29 is 17.2 Å². The molecule has 1 atom stereocenters. The lowest BCUT2D eigenvalue weighted by Gasteiger charge is -2.12. The predicted molar refractivity (Wildman–Crippen MR) is 68.9 cm³/mol. The van der Waals surface area contributed by atoms with Crippen molar-refractivity contribution in [2.75, 3.05) is 0 Å². The maximum Gasteiger partial charge on any atom is 0.241 e. The normalized spacial score (nSPS) is 13.4. The monoisotopic (exact) mass is 303 g/mol. The van der Waals surface area contributed by atoms with Crippen molar-refractivity contribution in [3.8, 4) is 0 Å². The Hall–Kier alpha value is -1.37. The number of hydrogen-bond acceptors (Lipinski definition) is 3. The van der Waals surface area contributed by atoms with Crippen LogP contribution in [0, 0.1) is 5.82 Å². The first-order valence-corrected chi connectivity index (χ1v) is 7.27. The third-order valence-electron chi connectivity index (χ3n) is 2.50. The van der Waals surface area contributed by atoms with E-state index in [2.05, 4.69) is 4.72 Å². The highest BCUT2D eigenvalue weighted by Crippen LogP contribution is 2.21. The predicted octanol–water partition coefficient (Wildman–Crippen LogP) is 3.11. The molecule has 0 bridgehead atoms. The number of hydrogen-bond donors (Lipinski definition) is 1. The fourth-order valence-electron chi connectivity index (χ4n) is 1.54. The van der Waals surface area contributed by atoms with Crippen molar-refractivity contribution in [3.05, 3.63) is 53.2 Å². The lowest BCUT2D eigenvalue weighted by atomic mass is 10.3. The zero-order valence-corrected chi connectivity index (χ0v) is 11.5. The van der Waals surface area contributed by atoms with Gasteiger partial charge in [-0.25, -0.2) is 17.5 Å². The zero-order chi connectivity index (χ0) is 14.0. The molecule has 0 aliphatic heterocycles. The molecule has 0 aliphatic carbocycles. The van der Waals surface area contributed by atoms with Gasteiger partial charge in [0.05, 0.1) is 22.2 Å². The van der Waals surface area contributed by atoms with Gasteiger partial charge in [-0.3, -0.25) is 0 Å². The molecule has 102 valence electrons. The molecular weight excluding hydrogens is 293 g/mol. The molecule has 0 amide bonds. The van der Waals surface area contributed by atoms with Gasteiger partial charge in [0.1, 0.15) is 11.6 Å². The van der Waals surface area contributed by atoms with E-state index in [0.29, 0.717) is 5.76 Å². The van der Waals surface area contributed by atoms with E-state index in [0.717, 1.165) is 18.2 Å². The van der Waals surface area contributed by atoms with E-state index < -0.39 is 21.9 Å². The summed E-state index contributed by atoms with van der Waals surface area (Å²) in [5.41, 5.74) is 0. The fourth-order valence-corrected chi connectivity index (χ4v) is 3.02. The Bertz CT molecular complexity index is 670. The van der Waals surface area contributed by atoms with Crippen molar-refractivity contribution in [3.63, 3.8) is 0 Å². The van der Waals surface area contributed by atoms with Crippen LogP contribution in [0.2, 0.25) is 5.02 Å². The Morgan fingerprint density at radius 2 is 2.11 bits per heavy atom. The Kier molecular flexibility index (Phi) is 3.93. The first-order valence-electron chi connectivity index (χ1n) is 5.41. The molecule has 4 nitrogen and oxygen atoms in total. The van der Waals surface area contributed by atoms with E-state index in [9.17, 15) is 12.8 Å². The maximum atomic E-state index is 13.0. The highest BCUT2D eigenvalue weighted by Gasteiger charge is 2.20. The molecule has 7 heteroatoms. The van der Waals surface area contributed by atoms with Gasteiger partial charge in [-0.15, -0.1) is 0 Å². The second kappa shape index (κ2) is 5.32. The minimum atomic E-state index is -3.79. The molecule has 0 saturated carbocycles. The molecule has 0 saturated heterocycles. The lowest BCUT2D eigenvalue weighted by Crippen LogP contribution is -2.26. The number of halogens is 2. The van der Waals surface area contributed by atoms with Crippen LogP contribution in [-0.2, 0) is 10.0 Å². The fraction of sp³-hybridized carbons (Fsp3) is 0.167. The van der Waals surface area contributed by atoms with Gasteiger partial charge < -0.3 is 4.42 Å². The molecule has 0 fully saturated rings.